The van der Waals surface area contributed by atoms with Crippen LogP contribution in [0.1, 0.15) is 78.0 Å². The number of nitrogens with zero attached hydrogens (tertiary/aromatic N) is 2. The fraction of sp³-hybridized carbons (Fsp3) is 0.516. The highest BCUT2D eigenvalue weighted by Crippen LogP contribution is 2.37. The van der Waals surface area contributed by atoms with Gasteiger partial charge in [-0.05, 0) is 64.7 Å². The van der Waals surface area contributed by atoms with Crippen LogP contribution < -0.4 is 0 Å². The molecule has 0 spiro atoms. The first-order valence-electron chi connectivity index (χ1n) is 13.5. The van der Waals surface area contributed by atoms with Crippen LogP contribution in [0.25, 0.3) is 10.9 Å². The summed E-state index contributed by atoms with van der Waals surface area (Å²) in [7, 11) is -0.640. The third kappa shape index (κ3) is 6.85. The van der Waals surface area contributed by atoms with Crippen molar-refractivity contribution in [3.63, 3.8) is 0 Å². The average molecular weight is 566 g/mol. The number of carbonyl (C=O) groups is 2. The third-order valence-electron chi connectivity index (χ3n) is 7.29. The zero-order valence-electron chi connectivity index (χ0n) is 25.7. The van der Waals surface area contributed by atoms with Gasteiger partial charge in [0, 0.05) is 10.9 Å². The van der Waals surface area contributed by atoms with Crippen LogP contribution in [-0.2, 0) is 37.1 Å². The molecule has 0 aliphatic rings. The van der Waals surface area contributed by atoms with Crippen LogP contribution in [0.15, 0.2) is 30.6 Å². The molecule has 0 fully saturated rings. The van der Waals surface area contributed by atoms with Crippen LogP contribution in [0.3, 0.4) is 0 Å². The summed E-state index contributed by atoms with van der Waals surface area (Å²) in [6.07, 6.45) is 1.06. The number of fused-ring (bicyclic) bond motifs is 1. The number of esters is 1. The molecular weight excluding hydrogens is 522 g/mol. The number of methoxy groups -OCH3 is 1. The van der Waals surface area contributed by atoms with E-state index in [4.69, 9.17) is 13.9 Å². The molecule has 3 rings (SSSR count). The summed E-state index contributed by atoms with van der Waals surface area (Å²) in [5.41, 5.74) is 1.83. The SMILES string of the molecule is COC(=O)Cc1c(C#CC(C)(C)c2nc[nH]c2CO[Si](C)(C)C(C)(C)C)n(C(=O)OC(C)(C)C)c2ccccc12. The van der Waals surface area contributed by atoms with E-state index in [-0.39, 0.29) is 11.5 Å². The Morgan fingerprint density at radius 2 is 1.70 bits per heavy atom. The molecule has 0 amide bonds. The van der Waals surface area contributed by atoms with Gasteiger partial charge < -0.3 is 18.9 Å². The monoisotopic (exact) mass is 565 g/mol. The lowest BCUT2D eigenvalue weighted by Gasteiger charge is -2.36. The molecule has 1 aromatic carbocycles. The van der Waals surface area contributed by atoms with Gasteiger partial charge in [-0.15, -0.1) is 0 Å². The standard InChI is InChI=1S/C31H43N3O5Si/c1-29(2,3)39-28(36)34-24-15-13-12-14-21(24)22(18-26(35)37-9)25(34)16-17-31(7,8)27-23(32-20-33-27)19-38-40(10,11)30(4,5)6/h12-15,20H,18-19H2,1-11H3,(H,32,33). The minimum absolute atomic E-state index is 0.0364. The van der Waals surface area contributed by atoms with Gasteiger partial charge >= 0.3 is 12.1 Å². The molecule has 0 saturated heterocycles. The first-order chi connectivity index (χ1) is 18.4. The molecule has 2 heterocycles. The average Bonchev–Trinajstić information content (AvgIpc) is 3.43. The summed E-state index contributed by atoms with van der Waals surface area (Å²) >= 11 is 0. The zero-order chi connectivity index (χ0) is 30.1. The van der Waals surface area contributed by atoms with Crippen molar-refractivity contribution in [1.29, 1.82) is 0 Å². The number of hydrogen-bond acceptors (Lipinski definition) is 6. The van der Waals surface area contributed by atoms with Crippen molar-refractivity contribution in [2.45, 2.75) is 97.6 Å². The molecule has 216 valence electrons. The van der Waals surface area contributed by atoms with E-state index >= 15 is 0 Å². The van der Waals surface area contributed by atoms with Crippen LogP contribution in [0.2, 0.25) is 18.1 Å². The van der Waals surface area contributed by atoms with Crippen molar-refractivity contribution in [3.05, 3.63) is 53.2 Å². The van der Waals surface area contributed by atoms with E-state index in [1.807, 2.05) is 58.9 Å². The maximum Gasteiger partial charge on any atom is 0.420 e. The Bertz CT molecular complexity index is 1460. The number of benzene rings is 1. The minimum atomic E-state index is -1.98. The molecule has 0 radical (unpaired) electrons. The molecule has 1 N–H and O–H groups in total. The fourth-order valence-electron chi connectivity index (χ4n) is 4.04. The Hall–Kier alpha value is -3.35. The molecule has 0 atom stereocenters. The predicted octanol–water partition coefficient (Wildman–Crippen LogP) is 6.71. The van der Waals surface area contributed by atoms with Crippen LogP contribution in [0, 0.1) is 11.8 Å². The minimum Gasteiger partial charge on any atom is -0.469 e. The maximum absolute atomic E-state index is 13.5. The molecule has 40 heavy (non-hydrogen) atoms. The van der Waals surface area contributed by atoms with Gasteiger partial charge in [-0.2, -0.15) is 0 Å². The number of carbonyl (C=O) groups excluding carboxylic acids is 2. The number of hydrogen-bond donors (Lipinski definition) is 1. The summed E-state index contributed by atoms with van der Waals surface area (Å²) in [5.74, 6) is 6.15. The third-order valence-corrected chi connectivity index (χ3v) is 11.8. The maximum atomic E-state index is 13.5. The van der Waals surface area contributed by atoms with E-state index in [1.54, 1.807) is 6.33 Å². The molecule has 0 bridgehead atoms. The second-order valence-corrected chi connectivity index (χ2v) is 17.9. The second kappa shape index (κ2) is 11.3. The molecule has 0 aliphatic carbocycles. The van der Waals surface area contributed by atoms with Crippen LogP contribution >= 0.6 is 0 Å². The zero-order valence-corrected chi connectivity index (χ0v) is 26.7. The quantitative estimate of drug-likeness (QED) is 0.203. The molecular formula is C31H43N3O5Si. The predicted molar refractivity (Wildman–Crippen MR) is 160 cm³/mol. The number of ether oxygens (including phenoxy) is 2. The number of aromatic nitrogens is 3. The summed E-state index contributed by atoms with van der Waals surface area (Å²) < 4.78 is 18.6. The fourth-order valence-corrected chi connectivity index (χ4v) is 4.98. The van der Waals surface area contributed by atoms with Gasteiger partial charge in [0.2, 0.25) is 0 Å². The Labute approximate surface area is 238 Å². The van der Waals surface area contributed by atoms with Crippen LogP contribution in [-0.4, -0.2) is 47.6 Å². The van der Waals surface area contributed by atoms with Gasteiger partial charge in [0.1, 0.15) is 11.3 Å². The van der Waals surface area contributed by atoms with Gasteiger partial charge in [-0.1, -0.05) is 44.9 Å². The van der Waals surface area contributed by atoms with Crippen molar-refractivity contribution in [2.75, 3.05) is 7.11 Å². The Kier molecular flexibility index (Phi) is 8.78. The van der Waals surface area contributed by atoms with Gasteiger partial charge in [0.05, 0.1) is 48.8 Å². The van der Waals surface area contributed by atoms with Gasteiger partial charge in [-0.3, -0.25) is 4.79 Å². The van der Waals surface area contributed by atoms with E-state index in [0.29, 0.717) is 23.4 Å². The first kappa shape index (κ1) is 31.2. The highest BCUT2D eigenvalue weighted by atomic mass is 28.4. The Balaban J connectivity index is 2.13. The second-order valence-electron chi connectivity index (χ2n) is 13.1. The number of H-pyrrole nitrogens is 1. The van der Waals surface area contributed by atoms with Crippen molar-refractivity contribution >= 4 is 31.3 Å². The Morgan fingerprint density at radius 1 is 1.05 bits per heavy atom. The summed E-state index contributed by atoms with van der Waals surface area (Å²) in [5, 5.41) is 0.817. The number of nitrogens with one attached hydrogen (secondary N) is 1. The topological polar surface area (TPSA) is 95.4 Å². The smallest absolute Gasteiger partial charge is 0.420 e. The number of rotatable bonds is 6. The molecule has 3 aromatic rings. The van der Waals surface area contributed by atoms with Crippen LogP contribution in [0.4, 0.5) is 4.79 Å². The van der Waals surface area contributed by atoms with Crippen molar-refractivity contribution < 1.29 is 23.5 Å². The van der Waals surface area contributed by atoms with E-state index in [0.717, 1.165) is 16.8 Å². The molecule has 8 nitrogen and oxygen atoms in total. The van der Waals surface area contributed by atoms with Gasteiger partial charge in [-0.25, -0.2) is 14.3 Å². The Morgan fingerprint density at radius 3 is 2.30 bits per heavy atom. The van der Waals surface area contributed by atoms with Crippen molar-refractivity contribution in [3.8, 4) is 11.8 Å². The van der Waals surface area contributed by atoms with E-state index in [1.165, 1.54) is 11.7 Å². The lowest BCUT2D eigenvalue weighted by atomic mass is 9.88. The van der Waals surface area contributed by atoms with Crippen molar-refractivity contribution in [2.24, 2.45) is 0 Å². The van der Waals surface area contributed by atoms with Crippen LogP contribution in [0.5, 0.6) is 0 Å². The summed E-state index contributed by atoms with van der Waals surface area (Å²) in [6.45, 7) is 20.8. The lowest BCUT2D eigenvalue weighted by molar-refractivity contribution is -0.139. The largest absolute Gasteiger partial charge is 0.469 e. The van der Waals surface area contributed by atoms with E-state index in [2.05, 4.69) is 55.7 Å². The molecule has 0 unspecified atom stereocenters. The normalized spacial score (nSPS) is 12.7. The van der Waals surface area contributed by atoms with Gasteiger partial charge in [0.25, 0.3) is 0 Å². The number of para-hydroxylation sites is 1. The summed E-state index contributed by atoms with van der Waals surface area (Å²) in [4.78, 5) is 33.7. The first-order valence-corrected chi connectivity index (χ1v) is 16.4. The molecule has 0 aliphatic heterocycles. The highest BCUT2D eigenvalue weighted by molar-refractivity contribution is 6.74. The van der Waals surface area contributed by atoms with Crippen molar-refractivity contribution in [1.82, 2.24) is 14.5 Å². The number of aromatic amines is 1. The molecule has 2 aromatic heterocycles. The molecule has 9 heteroatoms. The van der Waals surface area contributed by atoms with E-state index in [9.17, 15) is 9.59 Å². The van der Waals surface area contributed by atoms with Gasteiger partial charge in [0.15, 0.2) is 8.32 Å². The summed E-state index contributed by atoms with van der Waals surface area (Å²) in [6, 6.07) is 7.39. The van der Waals surface area contributed by atoms with E-state index < -0.39 is 31.4 Å². The highest BCUT2D eigenvalue weighted by Gasteiger charge is 2.38. The number of imidazole rings is 1. The lowest BCUT2D eigenvalue weighted by Crippen LogP contribution is -2.40. The molecule has 0 saturated carbocycles.